The average molecular weight is 852 g/mol. The van der Waals surface area contributed by atoms with Gasteiger partial charge in [-0.25, -0.2) is 0 Å². The quantitative estimate of drug-likeness (QED) is 0.131. The fourth-order valence-electron chi connectivity index (χ4n) is 14.9. The molecule has 1 aromatic carbocycles. The van der Waals surface area contributed by atoms with Crippen molar-refractivity contribution in [3.05, 3.63) is 46.0 Å². The van der Waals surface area contributed by atoms with Crippen LogP contribution in [-0.4, -0.2) is 76.9 Å². The van der Waals surface area contributed by atoms with Crippen molar-refractivity contribution >= 4 is 35.2 Å². The van der Waals surface area contributed by atoms with E-state index < -0.39 is 40.8 Å². The maximum atomic E-state index is 14.2. The Kier molecular flexibility index (Phi) is 11.9. The number of carbonyl (C=O) groups is 4. The number of aliphatic hydroxyl groups excluding tert-OH is 2. The summed E-state index contributed by atoms with van der Waals surface area (Å²) in [6, 6.07) is 6.01. The van der Waals surface area contributed by atoms with Crippen LogP contribution < -0.4 is 10.6 Å². The van der Waals surface area contributed by atoms with E-state index in [-0.39, 0.29) is 77.0 Å². The van der Waals surface area contributed by atoms with Crippen molar-refractivity contribution in [3.8, 4) is 0 Å². The minimum atomic E-state index is -0.846. The third kappa shape index (κ3) is 6.91. The van der Waals surface area contributed by atoms with Crippen molar-refractivity contribution in [2.45, 2.75) is 145 Å². The first kappa shape index (κ1) is 45.2. The predicted octanol–water partition coefficient (Wildman–Crippen LogP) is 8.02. The Bertz CT molecular complexity index is 1910. The number of ether oxygens (including phenoxy) is 1. The molecule has 60 heavy (non-hydrogen) atoms. The van der Waals surface area contributed by atoms with Crippen LogP contribution >= 0.6 is 11.6 Å². The Balaban J connectivity index is 1.08. The van der Waals surface area contributed by atoms with Gasteiger partial charge < -0.3 is 30.7 Å². The highest BCUT2D eigenvalue weighted by Crippen LogP contribution is 2.77. The molecule has 0 aromatic heterocycles. The SMILES string of the molecule is CC(C)C1=C2[C@H]3CC[C@@H]4[C@@]5(C)CC[C@H](OC(=O)[C@H]6C[C@@H](C(=O)O)C6(C)C)C(C)(C)[C@@H]5CC[C@@]4(C)[C@]3(C)CC[C@@]2([C@@H](O)CNC[C@H](CO)NC(=O)c2ccc(Cl)cc2)CC1=O. The van der Waals surface area contributed by atoms with Crippen LogP contribution in [0.5, 0.6) is 0 Å². The summed E-state index contributed by atoms with van der Waals surface area (Å²) in [5.74, 6) is -1.18. The zero-order valence-electron chi connectivity index (χ0n) is 37.5. The van der Waals surface area contributed by atoms with Crippen molar-refractivity contribution in [2.75, 3.05) is 19.7 Å². The summed E-state index contributed by atoms with van der Waals surface area (Å²) in [7, 11) is 0. The van der Waals surface area contributed by atoms with E-state index >= 15 is 0 Å². The summed E-state index contributed by atoms with van der Waals surface area (Å²) in [6.07, 6.45) is 7.07. The number of carboxylic acids is 1. The highest BCUT2D eigenvalue weighted by molar-refractivity contribution is 6.30. The Morgan fingerprint density at radius 1 is 0.850 bits per heavy atom. The molecule has 0 saturated heterocycles. The van der Waals surface area contributed by atoms with Crippen molar-refractivity contribution in [3.63, 3.8) is 0 Å². The fourth-order valence-corrected chi connectivity index (χ4v) is 15.0. The van der Waals surface area contributed by atoms with Gasteiger partial charge in [-0.05, 0) is 133 Å². The lowest BCUT2D eigenvalue weighted by Gasteiger charge is -2.72. The van der Waals surface area contributed by atoms with Gasteiger partial charge in [0, 0.05) is 40.9 Å². The summed E-state index contributed by atoms with van der Waals surface area (Å²) in [5, 5.41) is 38.9. The molecular weight excluding hydrogens is 780 g/mol. The molecule has 0 bridgehead atoms. The third-order valence-electron chi connectivity index (χ3n) is 18.6. The number of nitrogens with one attached hydrogen (secondary N) is 2. The maximum absolute atomic E-state index is 14.2. The number of aliphatic carboxylic acids is 1. The highest BCUT2D eigenvalue weighted by Gasteiger charge is 2.71. The summed E-state index contributed by atoms with van der Waals surface area (Å²) < 4.78 is 6.41. The summed E-state index contributed by atoms with van der Waals surface area (Å²) in [5.41, 5.74) is 0.961. The molecule has 5 saturated carbocycles. The number of fused-ring (bicyclic) bond motifs is 7. The van der Waals surface area contributed by atoms with Crippen LogP contribution in [0.3, 0.4) is 0 Å². The lowest BCUT2D eigenvalue weighted by molar-refractivity contribution is -0.238. The van der Waals surface area contributed by atoms with E-state index in [1.807, 2.05) is 13.8 Å². The molecule has 10 nitrogen and oxygen atoms in total. The molecule has 0 radical (unpaired) electrons. The number of ketones is 1. The van der Waals surface area contributed by atoms with Crippen molar-refractivity contribution in [1.29, 1.82) is 0 Å². The summed E-state index contributed by atoms with van der Waals surface area (Å²) >= 11 is 6.00. The van der Waals surface area contributed by atoms with E-state index in [0.717, 1.165) is 56.9 Å². The van der Waals surface area contributed by atoms with Crippen LogP contribution in [0.2, 0.25) is 5.02 Å². The monoisotopic (exact) mass is 850 g/mol. The normalized spacial score (nSPS) is 38.7. The summed E-state index contributed by atoms with van der Waals surface area (Å²) in [6.45, 7) is 20.3. The van der Waals surface area contributed by atoms with Crippen LogP contribution in [-0.2, 0) is 19.1 Å². The molecule has 6 aliphatic rings. The van der Waals surface area contributed by atoms with Crippen LogP contribution in [0.15, 0.2) is 35.4 Å². The first-order valence-corrected chi connectivity index (χ1v) is 23.1. The molecule has 5 N–H and O–H groups in total. The highest BCUT2D eigenvalue weighted by atomic mass is 35.5. The number of esters is 1. The van der Waals surface area contributed by atoms with Gasteiger partial charge in [0.15, 0.2) is 5.78 Å². The van der Waals surface area contributed by atoms with E-state index in [1.165, 1.54) is 5.57 Å². The number of aliphatic hydroxyl groups is 2. The van der Waals surface area contributed by atoms with Gasteiger partial charge in [-0.3, -0.25) is 19.2 Å². The standard InChI is InChI=1S/C49H71ClN2O8/c1-27(2)39-34(54)23-49(37(55)25-51-24-30(26-53)52-41(56)28-10-12-29(50)13-11-28)21-20-47(8)31(40(39)49)14-15-36-46(7)18-17-38(45(5,6)35(46)16-19-48(36,47)9)60-43(59)33-22-32(42(57)58)44(33,3)4/h10-13,27,30-33,35-38,51,53,55H,14-26H2,1-9H3,(H,52,56)(H,57,58)/t30-,31-,32+,33-,35+,36-,37+,38+,46+,47-,48-,49+/m1/s1. The molecule has 1 amide bonds. The Hall–Kier alpha value is -2.79. The van der Waals surface area contributed by atoms with Gasteiger partial charge in [0.1, 0.15) is 6.10 Å². The number of hydrogen-bond donors (Lipinski definition) is 5. The molecule has 0 unspecified atom stereocenters. The van der Waals surface area contributed by atoms with E-state index in [4.69, 9.17) is 16.3 Å². The number of allylic oxidation sites excluding steroid dienone is 1. The molecule has 332 valence electrons. The third-order valence-corrected chi connectivity index (χ3v) is 18.8. The smallest absolute Gasteiger partial charge is 0.309 e. The number of amides is 1. The first-order chi connectivity index (χ1) is 28.0. The lowest BCUT2D eigenvalue weighted by atomic mass is 9.33. The first-order valence-electron chi connectivity index (χ1n) is 22.8. The molecular formula is C49H71ClN2O8. The van der Waals surface area contributed by atoms with Crippen molar-refractivity contribution in [2.24, 2.45) is 68.0 Å². The number of Topliss-reactive ketones (excluding diaryl/α,β-unsaturated/α-hetero) is 1. The number of carboxylic acid groups (broad SMARTS) is 1. The number of carbonyl (C=O) groups excluding carboxylic acids is 3. The van der Waals surface area contributed by atoms with Gasteiger partial charge in [-0.15, -0.1) is 0 Å². The molecule has 6 aliphatic carbocycles. The molecule has 7 rings (SSSR count). The van der Waals surface area contributed by atoms with Crippen molar-refractivity contribution < 1.29 is 39.2 Å². The Labute approximate surface area is 362 Å². The Morgan fingerprint density at radius 2 is 1.53 bits per heavy atom. The van der Waals surface area contributed by atoms with E-state index in [0.29, 0.717) is 35.3 Å². The largest absolute Gasteiger partial charge is 0.481 e. The van der Waals surface area contributed by atoms with Gasteiger partial charge >= 0.3 is 11.9 Å². The Morgan fingerprint density at radius 3 is 2.15 bits per heavy atom. The van der Waals surface area contributed by atoms with Crippen LogP contribution in [0, 0.1) is 68.0 Å². The molecule has 0 heterocycles. The van der Waals surface area contributed by atoms with Crippen molar-refractivity contribution in [1.82, 2.24) is 10.6 Å². The summed E-state index contributed by atoms with van der Waals surface area (Å²) in [4.78, 5) is 52.5. The average Bonchev–Trinajstić information content (AvgIpc) is 3.48. The molecule has 12 atom stereocenters. The second-order valence-corrected chi connectivity index (χ2v) is 22.6. The molecule has 5 fully saturated rings. The van der Waals surface area contributed by atoms with E-state index in [2.05, 4.69) is 59.1 Å². The molecule has 0 aliphatic heterocycles. The number of halogens is 1. The second-order valence-electron chi connectivity index (χ2n) is 22.2. The topological polar surface area (TPSA) is 162 Å². The lowest BCUT2D eigenvalue weighted by Crippen LogP contribution is -2.66. The van der Waals surface area contributed by atoms with Gasteiger partial charge in [0.2, 0.25) is 0 Å². The van der Waals surface area contributed by atoms with E-state index in [9.17, 15) is 34.5 Å². The molecule has 11 heteroatoms. The van der Waals surface area contributed by atoms with Gasteiger partial charge in [0.25, 0.3) is 5.91 Å². The minimum Gasteiger partial charge on any atom is -0.481 e. The predicted molar refractivity (Wildman–Crippen MR) is 231 cm³/mol. The van der Waals surface area contributed by atoms with Gasteiger partial charge in [0.05, 0.1) is 30.6 Å². The number of benzene rings is 1. The van der Waals surface area contributed by atoms with Crippen LogP contribution in [0.1, 0.15) is 137 Å². The molecule has 1 aromatic rings. The van der Waals surface area contributed by atoms with E-state index in [1.54, 1.807) is 24.3 Å². The van der Waals surface area contributed by atoms with Crippen LogP contribution in [0.25, 0.3) is 0 Å². The second kappa shape index (κ2) is 15.8. The number of hydrogen-bond acceptors (Lipinski definition) is 8. The van der Waals surface area contributed by atoms with Gasteiger partial charge in [-0.1, -0.05) is 79.5 Å². The fraction of sp³-hybridized carbons (Fsp3) is 0.755. The minimum absolute atomic E-state index is 0.00467. The van der Waals surface area contributed by atoms with Gasteiger partial charge in [-0.2, -0.15) is 0 Å². The zero-order chi connectivity index (χ0) is 44.0. The number of rotatable bonds is 12. The molecule has 0 spiro atoms. The maximum Gasteiger partial charge on any atom is 0.309 e. The zero-order valence-corrected chi connectivity index (χ0v) is 38.2. The van der Waals surface area contributed by atoms with Crippen LogP contribution in [0.4, 0.5) is 0 Å².